The van der Waals surface area contributed by atoms with Gasteiger partial charge in [0.1, 0.15) is 0 Å². The van der Waals surface area contributed by atoms with Gasteiger partial charge in [0.15, 0.2) is 0 Å². The molecule has 0 heterocycles. The van der Waals surface area contributed by atoms with Gasteiger partial charge in [-0.1, -0.05) is 13.8 Å². The number of hydrogen-bond acceptors (Lipinski definition) is 1. The fourth-order valence-electron chi connectivity index (χ4n) is 0.615. The Morgan fingerprint density at radius 1 is 1.18 bits per heavy atom. The van der Waals surface area contributed by atoms with Crippen molar-refractivity contribution in [3.8, 4) is 0 Å². The first-order valence-electron chi connectivity index (χ1n) is 3.04. The molecule has 70 valence electrons. The van der Waals surface area contributed by atoms with Crippen molar-refractivity contribution >= 4 is 12.4 Å². The van der Waals surface area contributed by atoms with Crippen LogP contribution in [-0.2, 0) is 0 Å². The summed E-state index contributed by atoms with van der Waals surface area (Å²) in [6.07, 6.45) is -4.90. The van der Waals surface area contributed by atoms with E-state index >= 15 is 0 Å². The smallest absolute Gasteiger partial charge is 0.330 e. The lowest BCUT2D eigenvalue weighted by atomic mass is 9.89. The van der Waals surface area contributed by atoms with Crippen molar-refractivity contribution in [3.05, 3.63) is 0 Å². The molecule has 0 atom stereocenters. The monoisotopic (exact) mass is 191 g/mol. The second-order valence-corrected chi connectivity index (χ2v) is 3.16. The normalized spacial score (nSPS) is 12.5. The summed E-state index contributed by atoms with van der Waals surface area (Å²) in [4.78, 5) is 0. The van der Waals surface area contributed by atoms with Gasteiger partial charge in [0.2, 0.25) is 0 Å². The van der Waals surface area contributed by atoms with Crippen molar-refractivity contribution in [2.45, 2.75) is 26.4 Å². The van der Waals surface area contributed by atoms with Crippen molar-refractivity contribution in [2.75, 3.05) is 6.54 Å². The molecule has 0 aliphatic heterocycles. The Balaban J connectivity index is 0. The van der Waals surface area contributed by atoms with Crippen LogP contribution in [0.5, 0.6) is 0 Å². The Bertz CT molecular complexity index is 111. The Morgan fingerprint density at radius 2 is 1.55 bits per heavy atom. The van der Waals surface area contributed by atoms with E-state index < -0.39 is 18.0 Å². The molecule has 0 unspecified atom stereocenters. The molecule has 0 rings (SSSR count). The second-order valence-electron chi connectivity index (χ2n) is 3.16. The Hall–Kier alpha value is 0.0400. The van der Waals surface area contributed by atoms with Gasteiger partial charge in [-0.05, 0) is 12.0 Å². The van der Waals surface area contributed by atoms with Crippen LogP contribution in [0.4, 0.5) is 13.2 Å². The molecule has 0 fully saturated rings. The molecule has 0 radical (unpaired) electrons. The van der Waals surface area contributed by atoms with Gasteiger partial charge in [0.25, 0.3) is 0 Å². The molecule has 0 bridgehead atoms. The van der Waals surface area contributed by atoms with E-state index in [0.29, 0.717) is 0 Å². The lowest BCUT2D eigenvalue weighted by Gasteiger charge is -2.23. The predicted molar refractivity (Wildman–Crippen MR) is 40.8 cm³/mol. The fourth-order valence-corrected chi connectivity index (χ4v) is 0.615. The molecule has 0 aliphatic rings. The maximum Gasteiger partial charge on any atom is 0.389 e. The summed E-state index contributed by atoms with van der Waals surface area (Å²) >= 11 is 0. The van der Waals surface area contributed by atoms with Gasteiger partial charge in [0, 0.05) is 6.42 Å². The lowest BCUT2D eigenvalue weighted by Crippen LogP contribution is -2.29. The van der Waals surface area contributed by atoms with E-state index in [1.165, 1.54) is 13.8 Å². The molecule has 0 aromatic rings. The zero-order valence-electron chi connectivity index (χ0n) is 6.53. The summed E-state index contributed by atoms with van der Waals surface area (Å²) in [5, 5.41) is 0. The molecule has 0 saturated carbocycles. The van der Waals surface area contributed by atoms with E-state index in [1.54, 1.807) is 0 Å². The molecule has 0 amide bonds. The highest BCUT2D eigenvalue weighted by Crippen LogP contribution is 2.31. The van der Waals surface area contributed by atoms with Crippen LogP contribution < -0.4 is 5.73 Å². The maximum absolute atomic E-state index is 11.7. The lowest BCUT2D eigenvalue weighted by molar-refractivity contribution is -0.153. The van der Waals surface area contributed by atoms with E-state index in [9.17, 15) is 13.2 Å². The molecule has 0 spiro atoms. The Kier molecular flexibility index (Phi) is 5.15. The molecule has 0 aliphatic carbocycles. The zero-order valence-corrected chi connectivity index (χ0v) is 7.35. The van der Waals surface area contributed by atoms with Crippen LogP contribution in [0.1, 0.15) is 20.3 Å². The quantitative estimate of drug-likeness (QED) is 0.713. The number of hydrogen-bond donors (Lipinski definition) is 1. The summed E-state index contributed by atoms with van der Waals surface area (Å²) in [5.41, 5.74) is 4.29. The van der Waals surface area contributed by atoms with E-state index in [0.717, 1.165) is 0 Å². The molecule has 1 nitrogen and oxygen atoms in total. The van der Waals surface area contributed by atoms with Gasteiger partial charge in [-0.2, -0.15) is 13.2 Å². The number of nitrogens with two attached hydrogens (primary N) is 1. The third-order valence-electron chi connectivity index (χ3n) is 1.23. The van der Waals surface area contributed by atoms with E-state index in [1.807, 2.05) is 0 Å². The molecule has 2 N–H and O–H groups in total. The van der Waals surface area contributed by atoms with Crippen molar-refractivity contribution in [2.24, 2.45) is 11.1 Å². The van der Waals surface area contributed by atoms with Crippen LogP contribution in [-0.4, -0.2) is 12.7 Å². The standard InChI is InChI=1S/C6H12F3N.ClH/c1-5(2,4-10)3-6(7,8)9;/h3-4,10H2,1-2H3;1H. The summed E-state index contributed by atoms with van der Waals surface area (Å²) in [6, 6.07) is 0. The second kappa shape index (κ2) is 4.16. The Labute approximate surface area is 70.6 Å². The molecule has 0 aromatic heterocycles. The van der Waals surface area contributed by atoms with E-state index in [-0.39, 0.29) is 19.0 Å². The minimum Gasteiger partial charge on any atom is -0.330 e. The van der Waals surface area contributed by atoms with Gasteiger partial charge >= 0.3 is 6.18 Å². The van der Waals surface area contributed by atoms with Crippen molar-refractivity contribution < 1.29 is 13.2 Å². The highest BCUT2D eigenvalue weighted by molar-refractivity contribution is 5.85. The topological polar surface area (TPSA) is 26.0 Å². The molecule has 5 heteroatoms. The largest absolute Gasteiger partial charge is 0.389 e. The fraction of sp³-hybridized carbons (Fsp3) is 1.00. The summed E-state index contributed by atoms with van der Waals surface area (Å²) in [5.74, 6) is 0. The van der Waals surface area contributed by atoms with Crippen LogP contribution in [0, 0.1) is 5.41 Å². The summed E-state index contributed by atoms with van der Waals surface area (Å²) in [6.45, 7) is 3.06. The average Bonchev–Trinajstić information content (AvgIpc) is 1.60. The third kappa shape index (κ3) is 7.94. The molecular weight excluding hydrogens is 179 g/mol. The number of halogens is 4. The van der Waals surface area contributed by atoms with Crippen LogP contribution in [0.3, 0.4) is 0 Å². The average molecular weight is 192 g/mol. The SMILES string of the molecule is CC(C)(CN)CC(F)(F)F.Cl. The first-order chi connectivity index (χ1) is 4.27. The molecule has 0 saturated heterocycles. The number of rotatable bonds is 2. The summed E-state index contributed by atoms with van der Waals surface area (Å²) in [7, 11) is 0. The first kappa shape index (κ1) is 13.6. The first-order valence-corrected chi connectivity index (χ1v) is 3.04. The molecule has 11 heavy (non-hydrogen) atoms. The van der Waals surface area contributed by atoms with Crippen molar-refractivity contribution in [1.82, 2.24) is 0 Å². The van der Waals surface area contributed by atoms with Gasteiger partial charge < -0.3 is 5.73 Å². The number of alkyl halides is 3. The van der Waals surface area contributed by atoms with E-state index in [4.69, 9.17) is 5.73 Å². The van der Waals surface area contributed by atoms with Crippen molar-refractivity contribution in [3.63, 3.8) is 0 Å². The minimum atomic E-state index is -4.09. The van der Waals surface area contributed by atoms with Crippen LogP contribution >= 0.6 is 12.4 Å². The predicted octanol–water partition coefficient (Wildman–Crippen LogP) is 2.35. The molecular formula is C6H13ClF3N. The van der Waals surface area contributed by atoms with Crippen LogP contribution in [0.25, 0.3) is 0 Å². The van der Waals surface area contributed by atoms with Crippen LogP contribution in [0.2, 0.25) is 0 Å². The molecule has 0 aromatic carbocycles. The highest BCUT2D eigenvalue weighted by Gasteiger charge is 2.35. The van der Waals surface area contributed by atoms with Gasteiger partial charge in [-0.15, -0.1) is 12.4 Å². The highest BCUT2D eigenvalue weighted by atomic mass is 35.5. The van der Waals surface area contributed by atoms with Gasteiger partial charge in [-0.25, -0.2) is 0 Å². The maximum atomic E-state index is 11.7. The Morgan fingerprint density at radius 3 is 1.64 bits per heavy atom. The van der Waals surface area contributed by atoms with Gasteiger partial charge in [0.05, 0.1) is 0 Å². The van der Waals surface area contributed by atoms with Crippen molar-refractivity contribution in [1.29, 1.82) is 0 Å². The zero-order chi connectivity index (χ0) is 8.41. The van der Waals surface area contributed by atoms with Gasteiger partial charge in [-0.3, -0.25) is 0 Å². The van der Waals surface area contributed by atoms with Crippen LogP contribution in [0.15, 0.2) is 0 Å². The van der Waals surface area contributed by atoms with E-state index in [2.05, 4.69) is 0 Å². The third-order valence-corrected chi connectivity index (χ3v) is 1.23. The summed E-state index contributed by atoms with van der Waals surface area (Å²) < 4.78 is 35.0. The minimum absolute atomic E-state index is 0.